The second kappa shape index (κ2) is 62.5. The van der Waals surface area contributed by atoms with Gasteiger partial charge in [-0.2, -0.15) is 0 Å². The van der Waals surface area contributed by atoms with Crippen LogP contribution in [0.5, 0.6) is 0 Å². The number of ether oxygens (including phenoxy) is 4. The quantitative estimate of drug-likeness (QED) is 0.0222. The topological polar surface area (TPSA) is 237 Å². The number of unbranched alkanes of at least 4 members (excludes halogenated alkanes) is 41. The summed E-state index contributed by atoms with van der Waals surface area (Å²) in [4.78, 5) is 72.5. The Bertz CT molecular complexity index is 1700. The van der Waals surface area contributed by atoms with Crippen LogP contribution < -0.4 is 0 Å². The molecule has 0 aromatic rings. The molecule has 17 nitrogen and oxygen atoms in total. The van der Waals surface area contributed by atoms with Crippen molar-refractivity contribution >= 4 is 39.5 Å². The molecule has 0 amide bonds. The van der Waals surface area contributed by atoms with E-state index in [1.807, 2.05) is 0 Å². The number of carbonyl (C=O) groups is 4. The van der Waals surface area contributed by atoms with Gasteiger partial charge < -0.3 is 33.8 Å². The van der Waals surface area contributed by atoms with Crippen molar-refractivity contribution in [2.45, 2.75) is 374 Å². The molecule has 0 aliphatic carbocycles. The third-order valence-electron chi connectivity index (χ3n) is 16.0. The second-order valence-electron chi connectivity index (χ2n) is 25.4. The summed E-state index contributed by atoms with van der Waals surface area (Å²) < 4.78 is 68.2. The molecule has 0 saturated carbocycles. The number of aliphatic hydroxyl groups excluding tert-OH is 1. The van der Waals surface area contributed by atoms with Crippen LogP contribution in [0.4, 0.5) is 0 Å². The largest absolute Gasteiger partial charge is 0.472 e. The van der Waals surface area contributed by atoms with Gasteiger partial charge in [-0.25, -0.2) is 9.13 Å². The minimum atomic E-state index is -4.95. The molecular formula is C69H134O17P2. The van der Waals surface area contributed by atoms with Crippen LogP contribution in [0.15, 0.2) is 0 Å². The molecule has 0 rings (SSSR count). The Kier molecular flexibility index (Phi) is 61.1. The summed E-state index contributed by atoms with van der Waals surface area (Å²) >= 11 is 0. The molecule has 0 spiro atoms. The van der Waals surface area contributed by atoms with Crippen LogP contribution in [0.2, 0.25) is 0 Å². The van der Waals surface area contributed by atoms with E-state index >= 15 is 0 Å². The average Bonchev–Trinajstić information content (AvgIpc) is 3.57. The normalized spacial score (nSPS) is 14.1. The first-order valence-electron chi connectivity index (χ1n) is 36.1. The molecular weight excluding hydrogens is 1160 g/mol. The first-order valence-corrected chi connectivity index (χ1v) is 39.1. The van der Waals surface area contributed by atoms with Crippen molar-refractivity contribution in [1.29, 1.82) is 0 Å². The first kappa shape index (κ1) is 86.1. The van der Waals surface area contributed by atoms with Crippen molar-refractivity contribution in [1.82, 2.24) is 0 Å². The summed E-state index contributed by atoms with van der Waals surface area (Å²) in [6.45, 7) is 7.24. The standard InChI is InChI=1S/C69H134O17P2/c1-6-9-12-15-18-21-24-29-33-38-43-48-53-67(72)80-59-65(86-69(74)55-50-45-40-35-30-25-28-31-36-41-46-51-62(4)5)61-84-88(77,78)82-57-63(70)56-81-87(75,76)83-60-64(85-68(73)54-49-44-39-34-27-23-20-17-14-11-8-3)58-79-66(71)52-47-42-37-32-26-22-19-16-13-10-7-2/h62-65,70H,6-61H2,1-5H3,(H,75,76)(H,77,78)/t63-,64+,65+/m0/s1. The van der Waals surface area contributed by atoms with Crippen molar-refractivity contribution in [3.63, 3.8) is 0 Å². The highest BCUT2D eigenvalue weighted by molar-refractivity contribution is 7.47. The minimum absolute atomic E-state index is 0.107. The van der Waals surface area contributed by atoms with Crippen LogP contribution in [0.25, 0.3) is 0 Å². The fourth-order valence-corrected chi connectivity index (χ4v) is 12.0. The molecule has 0 aliphatic heterocycles. The highest BCUT2D eigenvalue weighted by Crippen LogP contribution is 2.45. The van der Waals surface area contributed by atoms with E-state index in [9.17, 15) is 43.2 Å². The number of rotatable bonds is 69. The lowest BCUT2D eigenvalue weighted by Crippen LogP contribution is -2.30. The van der Waals surface area contributed by atoms with Crippen molar-refractivity contribution in [2.75, 3.05) is 39.6 Å². The predicted molar refractivity (Wildman–Crippen MR) is 354 cm³/mol. The lowest BCUT2D eigenvalue weighted by Gasteiger charge is -2.21. The maximum atomic E-state index is 13.0. The summed E-state index contributed by atoms with van der Waals surface area (Å²) in [5.41, 5.74) is 0. The molecule has 3 N–H and O–H groups in total. The van der Waals surface area contributed by atoms with Gasteiger partial charge in [-0.05, 0) is 31.6 Å². The molecule has 0 radical (unpaired) electrons. The molecule has 0 aromatic carbocycles. The Hall–Kier alpha value is -1.94. The molecule has 0 aliphatic rings. The lowest BCUT2D eigenvalue weighted by molar-refractivity contribution is -0.161. The summed E-state index contributed by atoms with van der Waals surface area (Å²) in [6.07, 6.45) is 48.3. The molecule has 0 fully saturated rings. The first-order chi connectivity index (χ1) is 42.5. The van der Waals surface area contributed by atoms with Crippen LogP contribution in [0.1, 0.15) is 356 Å². The van der Waals surface area contributed by atoms with E-state index < -0.39 is 97.5 Å². The van der Waals surface area contributed by atoms with E-state index in [0.29, 0.717) is 25.7 Å². The molecule has 19 heteroatoms. The molecule has 0 heterocycles. The Morgan fingerprint density at radius 1 is 0.307 bits per heavy atom. The summed E-state index contributed by atoms with van der Waals surface area (Å²) in [5.74, 6) is -1.36. The molecule has 88 heavy (non-hydrogen) atoms. The van der Waals surface area contributed by atoms with Crippen LogP contribution in [0.3, 0.4) is 0 Å². The maximum absolute atomic E-state index is 13.0. The highest BCUT2D eigenvalue weighted by atomic mass is 31.2. The van der Waals surface area contributed by atoms with Crippen LogP contribution in [-0.4, -0.2) is 96.7 Å². The molecule has 5 atom stereocenters. The van der Waals surface area contributed by atoms with Gasteiger partial charge in [0.05, 0.1) is 26.4 Å². The van der Waals surface area contributed by atoms with Gasteiger partial charge in [0.1, 0.15) is 19.3 Å². The average molecular weight is 1300 g/mol. The summed E-state index contributed by atoms with van der Waals surface area (Å²) in [7, 11) is -9.89. The van der Waals surface area contributed by atoms with Gasteiger partial charge in [0.2, 0.25) is 0 Å². The summed E-state index contributed by atoms with van der Waals surface area (Å²) in [6, 6.07) is 0. The van der Waals surface area contributed by atoms with Gasteiger partial charge in [-0.1, -0.05) is 304 Å². The Balaban J connectivity index is 5.25. The Morgan fingerprint density at radius 3 is 0.773 bits per heavy atom. The number of hydrogen-bond acceptors (Lipinski definition) is 15. The second-order valence-corrected chi connectivity index (χ2v) is 28.3. The fourth-order valence-electron chi connectivity index (χ4n) is 10.5. The van der Waals surface area contributed by atoms with Gasteiger partial charge in [0, 0.05) is 25.7 Å². The van der Waals surface area contributed by atoms with E-state index in [4.69, 9.17) is 37.0 Å². The zero-order valence-electron chi connectivity index (χ0n) is 56.9. The van der Waals surface area contributed by atoms with Gasteiger partial charge in [0.25, 0.3) is 0 Å². The fraction of sp³-hybridized carbons (Fsp3) is 0.942. The van der Waals surface area contributed by atoms with Crippen molar-refractivity contribution in [2.24, 2.45) is 5.92 Å². The monoisotopic (exact) mass is 1300 g/mol. The molecule has 0 bridgehead atoms. The third-order valence-corrected chi connectivity index (χ3v) is 17.9. The zero-order chi connectivity index (χ0) is 64.9. The number of phosphoric ester groups is 2. The van der Waals surface area contributed by atoms with Crippen molar-refractivity contribution < 1.29 is 80.2 Å². The molecule has 0 saturated heterocycles. The predicted octanol–water partition coefficient (Wildman–Crippen LogP) is 19.7. The minimum Gasteiger partial charge on any atom is -0.462 e. The number of carbonyl (C=O) groups excluding carboxylic acids is 4. The molecule has 0 aromatic heterocycles. The molecule has 2 unspecified atom stereocenters. The van der Waals surface area contributed by atoms with Crippen LogP contribution >= 0.6 is 15.6 Å². The van der Waals surface area contributed by atoms with E-state index in [2.05, 4.69) is 34.6 Å². The number of hydrogen-bond donors (Lipinski definition) is 3. The van der Waals surface area contributed by atoms with Crippen molar-refractivity contribution in [3.05, 3.63) is 0 Å². The van der Waals surface area contributed by atoms with Crippen LogP contribution in [0, 0.1) is 5.92 Å². The maximum Gasteiger partial charge on any atom is 0.472 e. The Labute approximate surface area is 537 Å². The van der Waals surface area contributed by atoms with Gasteiger partial charge >= 0.3 is 39.5 Å². The van der Waals surface area contributed by atoms with E-state index in [0.717, 1.165) is 95.8 Å². The van der Waals surface area contributed by atoms with E-state index in [1.54, 1.807) is 0 Å². The van der Waals surface area contributed by atoms with Gasteiger partial charge in [-0.15, -0.1) is 0 Å². The number of phosphoric acid groups is 2. The Morgan fingerprint density at radius 2 is 0.523 bits per heavy atom. The lowest BCUT2D eigenvalue weighted by atomic mass is 10.0. The SMILES string of the molecule is CCCCCCCCCCCCCCC(=O)OC[C@H](COP(=O)(O)OC[C@@H](O)COP(=O)(O)OC[C@@H](COC(=O)CCCCCCCCCCCCC)OC(=O)CCCCCCCCCCCCC)OC(=O)CCCCCCCCCCCCCC(C)C. The highest BCUT2D eigenvalue weighted by Gasteiger charge is 2.30. The summed E-state index contributed by atoms with van der Waals surface area (Å²) in [5, 5.41) is 10.6. The van der Waals surface area contributed by atoms with Crippen LogP contribution in [-0.2, 0) is 65.4 Å². The number of aliphatic hydroxyl groups is 1. The van der Waals surface area contributed by atoms with Crippen molar-refractivity contribution in [3.8, 4) is 0 Å². The van der Waals surface area contributed by atoms with Gasteiger partial charge in [0.15, 0.2) is 12.2 Å². The number of esters is 4. The third kappa shape index (κ3) is 62.8. The zero-order valence-corrected chi connectivity index (χ0v) is 58.6. The smallest absolute Gasteiger partial charge is 0.462 e. The van der Waals surface area contributed by atoms with E-state index in [1.165, 1.54) is 180 Å². The molecule has 522 valence electrons. The van der Waals surface area contributed by atoms with Gasteiger partial charge in [-0.3, -0.25) is 37.3 Å². The van der Waals surface area contributed by atoms with E-state index in [-0.39, 0.29) is 25.7 Å².